The molecule has 1 spiro atoms. The molecule has 5 nitrogen and oxygen atoms in total. The number of pyridine rings is 1. The summed E-state index contributed by atoms with van der Waals surface area (Å²) in [4.78, 5) is 6.98. The van der Waals surface area contributed by atoms with Crippen molar-refractivity contribution in [1.29, 1.82) is 0 Å². The van der Waals surface area contributed by atoms with Gasteiger partial charge in [-0.05, 0) is 92.6 Å². The molecule has 1 N–H and O–H groups in total. The fourth-order valence-corrected chi connectivity index (χ4v) is 5.35. The Morgan fingerprint density at radius 3 is 2.62 bits per heavy atom. The normalized spacial score (nSPS) is 18.4. The molecule has 1 aliphatic heterocycles. The maximum Gasteiger partial charge on any atom is 0.148 e. The van der Waals surface area contributed by atoms with Gasteiger partial charge in [0.2, 0.25) is 0 Å². The molecule has 5 rings (SSSR count). The van der Waals surface area contributed by atoms with Gasteiger partial charge in [-0.1, -0.05) is 17.7 Å². The quantitative estimate of drug-likeness (QED) is 0.541. The van der Waals surface area contributed by atoms with Crippen molar-refractivity contribution in [1.82, 2.24) is 20.1 Å². The fourth-order valence-electron chi connectivity index (χ4n) is 5.14. The number of hydrogen-bond donors (Lipinski definition) is 1. The average molecular weight is 452 g/mol. The van der Waals surface area contributed by atoms with Gasteiger partial charge in [0.25, 0.3) is 0 Å². The average Bonchev–Trinajstić information content (AvgIpc) is 2.80. The Kier molecular flexibility index (Phi) is 6.07. The lowest BCUT2D eigenvalue weighted by Gasteiger charge is -2.52. The zero-order valence-electron chi connectivity index (χ0n) is 18.0. The highest BCUT2D eigenvalue weighted by atomic mass is 35.5. The van der Waals surface area contributed by atoms with Crippen LogP contribution in [0.3, 0.4) is 0 Å². The number of rotatable bonds is 6. The van der Waals surface area contributed by atoms with Crippen LogP contribution in [0.15, 0.2) is 54.7 Å². The van der Waals surface area contributed by atoms with Gasteiger partial charge in [-0.2, -0.15) is 0 Å². The minimum atomic E-state index is -0.338. The Hall–Kier alpha value is -2.57. The predicted molar refractivity (Wildman–Crippen MR) is 125 cm³/mol. The minimum absolute atomic E-state index is 0.338. The Morgan fingerprint density at radius 2 is 1.91 bits per heavy atom. The maximum absolute atomic E-state index is 13.5. The molecule has 7 heteroatoms. The lowest BCUT2D eigenvalue weighted by Crippen LogP contribution is -2.48. The van der Waals surface area contributed by atoms with Crippen molar-refractivity contribution in [3.63, 3.8) is 0 Å². The highest BCUT2D eigenvalue weighted by Gasteiger charge is 2.45. The molecule has 1 saturated heterocycles. The van der Waals surface area contributed by atoms with E-state index in [2.05, 4.69) is 37.5 Å². The number of aromatic nitrogens is 3. The maximum atomic E-state index is 13.5. The number of benzene rings is 1. The summed E-state index contributed by atoms with van der Waals surface area (Å²) in [6, 6.07) is 14.1. The van der Waals surface area contributed by atoms with Gasteiger partial charge >= 0.3 is 0 Å². The number of hydrogen-bond acceptors (Lipinski definition) is 5. The van der Waals surface area contributed by atoms with Crippen molar-refractivity contribution in [3.8, 4) is 11.3 Å². The van der Waals surface area contributed by atoms with Crippen LogP contribution in [-0.4, -0.2) is 39.7 Å². The first-order chi connectivity index (χ1) is 15.6. The third-order valence-corrected chi connectivity index (χ3v) is 7.24. The van der Waals surface area contributed by atoms with Crippen LogP contribution >= 0.6 is 11.6 Å². The van der Waals surface area contributed by atoms with Gasteiger partial charge in [0.05, 0.1) is 16.4 Å². The van der Waals surface area contributed by atoms with Crippen molar-refractivity contribution in [2.75, 3.05) is 25.0 Å². The van der Waals surface area contributed by atoms with Gasteiger partial charge in [0.15, 0.2) is 0 Å². The highest BCUT2D eigenvalue weighted by Crippen LogP contribution is 2.52. The minimum Gasteiger partial charge on any atom is -0.368 e. The van der Waals surface area contributed by atoms with Crippen LogP contribution in [0, 0.1) is 17.2 Å². The smallest absolute Gasteiger partial charge is 0.148 e. The number of piperidine rings is 1. The summed E-state index contributed by atoms with van der Waals surface area (Å²) < 4.78 is 13.5. The standard InChI is InChI=1S/C25H27ClFN5/c26-22-5-4-19(27)13-21(22)23-6-7-24(31-30-23)29-16-18-14-25(15-18)8-11-32(12-9-25)17-20-3-1-2-10-28-20/h1-7,10,13,18H,8-9,11-12,14-17H2,(H,29,31). The molecule has 3 aromatic rings. The van der Waals surface area contributed by atoms with Crippen LogP contribution in [0.5, 0.6) is 0 Å². The van der Waals surface area contributed by atoms with Gasteiger partial charge in [-0.25, -0.2) is 4.39 Å². The van der Waals surface area contributed by atoms with Crippen LogP contribution in [0.25, 0.3) is 11.3 Å². The van der Waals surface area contributed by atoms with Gasteiger partial charge in [0, 0.05) is 24.8 Å². The van der Waals surface area contributed by atoms with E-state index in [1.807, 2.05) is 24.4 Å². The first-order valence-electron chi connectivity index (χ1n) is 11.2. The van der Waals surface area contributed by atoms with Crippen molar-refractivity contribution in [3.05, 3.63) is 71.3 Å². The van der Waals surface area contributed by atoms with Gasteiger partial charge in [0.1, 0.15) is 11.6 Å². The lowest BCUT2D eigenvalue weighted by molar-refractivity contribution is -0.0103. The number of likely N-dealkylation sites (tertiary alicyclic amines) is 1. The molecule has 2 aliphatic rings. The molecular weight excluding hydrogens is 425 g/mol. The molecule has 32 heavy (non-hydrogen) atoms. The third-order valence-electron chi connectivity index (χ3n) is 6.91. The summed E-state index contributed by atoms with van der Waals surface area (Å²) >= 11 is 6.16. The summed E-state index contributed by atoms with van der Waals surface area (Å²) in [6.45, 7) is 4.18. The van der Waals surface area contributed by atoms with Crippen molar-refractivity contribution < 1.29 is 4.39 Å². The number of nitrogens with zero attached hydrogens (tertiary/aromatic N) is 4. The van der Waals surface area contributed by atoms with E-state index in [4.69, 9.17) is 11.6 Å². The van der Waals surface area contributed by atoms with E-state index >= 15 is 0 Å². The van der Waals surface area contributed by atoms with E-state index in [-0.39, 0.29) is 5.82 Å². The van der Waals surface area contributed by atoms with Crippen LogP contribution < -0.4 is 5.32 Å². The lowest BCUT2D eigenvalue weighted by atomic mass is 9.57. The molecule has 166 valence electrons. The van der Waals surface area contributed by atoms with Gasteiger partial charge < -0.3 is 5.32 Å². The number of anilines is 1. The summed E-state index contributed by atoms with van der Waals surface area (Å²) in [6.07, 6.45) is 6.99. The number of halogens is 2. The summed E-state index contributed by atoms with van der Waals surface area (Å²) in [5.74, 6) is 1.08. The van der Waals surface area contributed by atoms with E-state index in [0.717, 1.165) is 37.7 Å². The van der Waals surface area contributed by atoms with E-state index < -0.39 is 0 Å². The molecule has 1 aliphatic carbocycles. The zero-order chi connectivity index (χ0) is 22.0. The second-order valence-electron chi connectivity index (χ2n) is 9.18. The molecule has 0 radical (unpaired) electrons. The van der Waals surface area contributed by atoms with E-state index in [9.17, 15) is 4.39 Å². The van der Waals surface area contributed by atoms with Crippen molar-refractivity contribution in [2.24, 2.45) is 11.3 Å². The molecular formula is C25H27ClFN5. The molecule has 2 aromatic heterocycles. The molecule has 3 heterocycles. The first-order valence-corrected chi connectivity index (χ1v) is 11.6. The topological polar surface area (TPSA) is 53.9 Å². The Morgan fingerprint density at radius 1 is 1.06 bits per heavy atom. The van der Waals surface area contributed by atoms with Gasteiger partial charge in [-0.15, -0.1) is 10.2 Å². The largest absolute Gasteiger partial charge is 0.368 e. The summed E-state index contributed by atoms with van der Waals surface area (Å²) in [5, 5.41) is 12.4. The SMILES string of the molecule is Fc1ccc(Cl)c(-c2ccc(NCC3CC4(CCN(Cc5ccccn5)CC4)C3)nn2)c1. The summed E-state index contributed by atoms with van der Waals surface area (Å²) in [5.41, 5.74) is 2.81. The van der Waals surface area contributed by atoms with Crippen LogP contribution in [0.2, 0.25) is 5.02 Å². The molecule has 0 atom stereocenters. The second kappa shape index (κ2) is 9.12. The highest BCUT2D eigenvalue weighted by molar-refractivity contribution is 6.33. The van der Waals surface area contributed by atoms with Gasteiger partial charge in [-0.3, -0.25) is 9.88 Å². The molecule has 2 fully saturated rings. The van der Waals surface area contributed by atoms with E-state index in [0.29, 0.717) is 27.6 Å². The molecule has 0 bridgehead atoms. The third kappa shape index (κ3) is 4.76. The predicted octanol–water partition coefficient (Wildman–Crippen LogP) is 5.44. The molecule has 1 saturated carbocycles. The fraction of sp³-hybridized carbons (Fsp3) is 0.400. The van der Waals surface area contributed by atoms with Crippen LogP contribution in [0.1, 0.15) is 31.4 Å². The van der Waals surface area contributed by atoms with E-state index in [1.54, 1.807) is 0 Å². The Labute approximate surface area is 193 Å². The van der Waals surface area contributed by atoms with Crippen LogP contribution in [-0.2, 0) is 6.54 Å². The van der Waals surface area contributed by atoms with Crippen molar-refractivity contribution >= 4 is 17.4 Å². The monoisotopic (exact) mass is 451 g/mol. The molecule has 0 amide bonds. The Balaban J connectivity index is 1.08. The van der Waals surface area contributed by atoms with Crippen molar-refractivity contribution in [2.45, 2.75) is 32.2 Å². The Bertz CT molecular complexity index is 1040. The zero-order valence-corrected chi connectivity index (χ0v) is 18.7. The number of nitrogens with one attached hydrogen (secondary N) is 1. The van der Waals surface area contributed by atoms with E-state index in [1.165, 1.54) is 43.9 Å². The first kappa shape index (κ1) is 21.3. The van der Waals surface area contributed by atoms with Crippen LogP contribution in [0.4, 0.5) is 10.2 Å². The molecule has 1 aromatic carbocycles. The molecule has 0 unspecified atom stereocenters. The second-order valence-corrected chi connectivity index (χ2v) is 9.59. The summed E-state index contributed by atoms with van der Waals surface area (Å²) in [7, 11) is 0.